The average Bonchev–Trinajstić information content (AvgIpc) is 2.48. The van der Waals surface area contributed by atoms with Crippen LogP contribution in [0.1, 0.15) is 0 Å². The SMILES string of the molecule is NCC(=O)[O-].O.[Cl-].[Cu+2].c1cnc2c(c1)ccc1cccnc12. The van der Waals surface area contributed by atoms with Gasteiger partial charge in [0, 0.05) is 29.7 Å². The van der Waals surface area contributed by atoms with Gasteiger partial charge in [-0.25, -0.2) is 0 Å². The van der Waals surface area contributed by atoms with Crippen LogP contribution in [-0.4, -0.2) is 28.0 Å². The van der Waals surface area contributed by atoms with E-state index in [9.17, 15) is 0 Å². The summed E-state index contributed by atoms with van der Waals surface area (Å²) in [4.78, 5) is 17.8. The Hall–Kier alpha value is -1.76. The number of halogens is 1. The van der Waals surface area contributed by atoms with Crippen molar-refractivity contribution in [3.63, 3.8) is 0 Å². The van der Waals surface area contributed by atoms with Crippen LogP contribution in [0.5, 0.6) is 0 Å². The first-order valence-electron chi connectivity index (χ1n) is 5.71. The van der Waals surface area contributed by atoms with E-state index in [1.165, 1.54) is 0 Å². The molecule has 121 valence electrons. The Balaban J connectivity index is 0. The minimum absolute atomic E-state index is 0. The number of pyridine rings is 2. The Labute approximate surface area is 143 Å². The summed E-state index contributed by atoms with van der Waals surface area (Å²) < 4.78 is 0. The average molecular weight is 371 g/mol. The van der Waals surface area contributed by atoms with Crippen LogP contribution in [0.15, 0.2) is 48.8 Å². The minimum Gasteiger partial charge on any atom is -1.00 e. The number of carboxylic acid groups (broad SMARTS) is 1. The number of hydrogen-bond donors (Lipinski definition) is 1. The molecule has 22 heavy (non-hydrogen) atoms. The van der Waals surface area contributed by atoms with Crippen LogP contribution >= 0.6 is 0 Å². The number of benzene rings is 1. The summed E-state index contributed by atoms with van der Waals surface area (Å²) in [6.07, 6.45) is 3.60. The number of carboxylic acids is 1. The second-order valence-corrected chi connectivity index (χ2v) is 3.79. The van der Waals surface area contributed by atoms with E-state index in [1.54, 1.807) is 12.4 Å². The van der Waals surface area contributed by atoms with Gasteiger partial charge < -0.3 is 33.5 Å². The van der Waals surface area contributed by atoms with E-state index < -0.39 is 5.97 Å². The number of rotatable bonds is 1. The fourth-order valence-electron chi connectivity index (χ4n) is 1.68. The van der Waals surface area contributed by atoms with Crippen LogP contribution in [0, 0.1) is 0 Å². The topological polar surface area (TPSA) is 123 Å². The fourth-order valence-corrected chi connectivity index (χ4v) is 1.68. The van der Waals surface area contributed by atoms with Crippen LogP contribution in [0.4, 0.5) is 0 Å². The molecule has 0 aliphatic rings. The Kier molecular flexibility index (Phi) is 11.2. The van der Waals surface area contributed by atoms with Crippen molar-refractivity contribution < 1.29 is 44.9 Å². The molecule has 0 aliphatic heterocycles. The molecule has 0 aliphatic carbocycles. The molecule has 8 heteroatoms. The zero-order valence-electron chi connectivity index (χ0n) is 11.3. The molecule has 0 bridgehead atoms. The summed E-state index contributed by atoms with van der Waals surface area (Å²) in [7, 11) is 0. The predicted molar refractivity (Wildman–Crippen MR) is 74.7 cm³/mol. The van der Waals surface area contributed by atoms with Crippen LogP contribution in [0.3, 0.4) is 0 Å². The molecule has 1 radical (unpaired) electrons. The zero-order valence-corrected chi connectivity index (χ0v) is 13.0. The summed E-state index contributed by atoms with van der Waals surface area (Å²) in [5.74, 6) is -1.22. The molecule has 0 amide bonds. The van der Waals surface area contributed by atoms with Crippen LogP contribution in [0.2, 0.25) is 0 Å². The maximum Gasteiger partial charge on any atom is 2.00 e. The summed E-state index contributed by atoms with van der Waals surface area (Å²) in [5.41, 5.74) is 6.46. The van der Waals surface area contributed by atoms with Gasteiger partial charge in [-0.3, -0.25) is 9.97 Å². The van der Waals surface area contributed by atoms with Gasteiger partial charge in [0.1, 0.15) is 0 Å². The number of nitrogens with zero attached hydrogens (tertiary/aromatic N) is 2. The first-order valence-corrected chi connectivity index (χ1v) is 5.71. The van der Waals surface area contributed by atoms with Crippen molar-refractivity contribution in [3.8, 4) is 0 Å². The smallest absolute Gasteiger partial charge is 1.00 e. The number of aliphatic carboxylic acids is 1. The van der Waals surface area contributed by atoms with Gasteiger partial charge in [0.25, 0.3) is 0 Å². The maximum absolute atomic E-state index is 9.13. The van der Waals surface area contributed by atoms with Crippen molar-refractivity contribution in [2.45, 2.75) is 0 Å². The first-order chi connectivity index (χ1) is 9.22. The quantitative estimate of drug-likeness (QED) is 0.354. The summed E-state index contributed by atoms with van der Waals surface area (Å²) in [5, 5.41) is 11.4. The van der Waals surface area contributed by atoms with Gasteiger partial charge in [-0.05, 0) is 12.1 Å². The third-order valence-corrected chi connectivity index (χ3v) is 2.51. The maximum atomic E-state index is 9.13. The standard InChI is InChI=1S/C12H8N2.C2H5NO2.ClH.Cu.H2O/c1-3-9-5-6-10-4-2-8-14-12(10)11(9)13-7-1;3-1-2(4)5;;;/h1-8H;1,3H2,(H,4,5);1H;;1H2/q;;;+2;/p-2. The molecule has 0 spiro atoms. The van der Waals surface area contributed by atoms with Gasteiger partial charge in [0.2, 0.25) is 0 Å². The first kappa shape index (κ1) is 22.5. The molecular formula is C14H14ClCuN3O3. The van der Waals surface area contributed by atoms with Crippen molar-refractivity contribution in [2.75, 3.05) is 6.54 Å². The van der Waals surface area contributed by atoms with Crippen molar-refractivity contribution in [2.24, 2.45) is 5.73 Å². The van der Waals surface area contributed by atoms with Crippen molar-refractivity contribution in [1.29, 1.82) is 0 Å². The van der Waals surface area contributed by atoms with Crippen LogP contribution in [0.25, 0.3) is 21.8 Å². The fraction of sp³-hybridized carbons (Fsp3) is 0.0714. The van der Waals surface area contributed by atoms with Crippen molar-refractivity contribution >= 4 is 27.8 Å². The molecule has 0 fully saturated rings. The summed E-state index contributed by atoms with van der Waals surface area (Å²) in [6, 6.07) is 12.1. The number of carbonyl (C=O) groups excluding carboxylic acids is 1. The van der Waals surface area contributed by atoms with Crippen LogP contribution in [-0.2, 0) is 21.9 Å². The van der Waals surface area contributed by atoms with Gasteiger partial charge in [0.05, 0.1) is 17.0 Å². The predicted octanol–water partition coefficient (Wildman–Crippen LogP) is -3.35. The van der Waals surface area contributed by atoms with E-state index in [1.807, 2.05) is 12.1 Å². The molecule has 6 nitrogen and oxygen atoms in total. The molecule has 3 aromatic rings. The Bertz CT molecular complexity index is 673. The van der Waals surface area contributed by atoms with Gasteiger partial charge >= 0.3 is 17.1 Å². The monoisotopic (exact) mass is 370 g/mol. The van der Waals surface area contributed by atoms with Gasteiger partial charge in [-0.15, -0.1) is 0 Å². The molecule has 1 aromatic carbocycles. The molecule has 0 atom stereocenters. The van der Waals surface area contributed by atoms with Crippen molar-refractivity contribution in [1.82, 2.24) is 9.97 Å². The number of fused-ring (bicyclic) bond motifs is 3. The minimum atomic E-state index is -1.22. The van der Waals surface area contributed by atoms with Crippen molar-refractivity contribution in [3.05, 3.63) is 48.8 Å². The second kappa shape index (κ2) is 10.9. The van der Waals surface area contributed by atoms with Gasteiger partial charge in [-0.2, -0.15) is 0 Å². The summed E-state index contributed by atoms with van der Waals surface area (Å²) in [6.45, 7) is -0.389. The molecule has 0 unspecified atom stereocenters. The molecule has 0 saturated heterocycles. The zero-order chi connectivity index (χ0) is 13.7. The Morgan fingerprint density at radius 3 is 1.68 bits per heavy atom. The van der Waals surface area contributed by atoms with E-state index >= 15 is 0 Å². The van der Waals surface area contributed by atoms with E-state index in [0.717, 1.165) is 21.8 Å². The van der Waals surface area contributed by atoms with E-state index in [-0.39, 0.29) is 41.5 Å². The van der Waals surface area contributed by atoms with E-state index in [4.69, 9.17) is 9.90 Å². The Morgan fingerprint density at radius 2 is 1.36 bits per heavy atom. The van der Waals surface area contributed by atoms with E-state index in [2.05, 4.69) is 40.0 Å². The number of nitrogens with two attached hydrogens (primary N) is 1. The molecule has 4 N–H and O–H groups in total. The molecule has 2 aromatic heterocycles. The van der Waals surface area contributed by atoms with Crippen LogP contribution < -0.4 is 23.2 Å². The molecular weight excluding hydrogens is 357 g/mol. The van der Waals surface area contributed by atoms with Gasteiger partial charge in [-0.1, -0.05) is 24.3 Å². The molecule has 0 saturated carbocycles. The number of hydrogen-bond acceptors (Lipinski definition) is 5. The molecule has 3 rings (SSSR count). The number of aromatic nitrogens is 2. The number of carbonyl (C=O) groups is 1. The molecule has 2 heterocycles. The third kappa shape index (κ3) is 5.55. The van der Waals surface area contributed by atoms with E-state index in [0.29, 0.717) is 0 Å². The largest absolute Gasteiger partial charge is 2.00 e. The van der Waals surface area contributed by atoms with Gasteiger partial charge in [0.15, 0.2) is 0 Å². The third-order valence-electron chi connectivity index (χ3n) is 2.51. The second-order valence-electron chi connectivity index (χ2n) is 3.79. The Morgan fingerprint density at radius 1 is 1.00 bits per heavy atom. The summed E-state index contributed by atoms with van der Waals surface area (Å²) >= 11 is 0. The normalized spacial score (nSPS) is 8.59.